The molecule has 2 nitrogen and oxygen atoms in total. The third-order valence-electron chi connectivity index (χ3n) is 2.49. The van der Waals surface area contributed by atoms with Gasteiger partial charge in [0, 0.05) is 10.2 Å². The van der Waals surface area contributed by atoms with Crippen LogP contribution >= 0.6 is 15.9 Å². The maximum absolute atomic E-state index is 13.6. The Morgan fingerprint density at radius 1 is 1.24 bits per heavy atom. The van der Waals surface area contributed by atoms with Gasteiger partial charge in [0.25, 0.3) is 0 Å². The minimum Gasteiger partial charge on any atom is -0.397 e. The predicted molar refractivity (Wildman–Crippen MR) is 73.0 cm³/mol. The fourth-order valence-corrected chi connectivity index (χ4v) is 2.05. The molecule has 17 heavy (non-hydrogen) atoms. The number of nitrogen functional groups attached to an aromatic ring is 1. The number of hydrogen-bond acceptors (Lipinski definition) is 2. The summed E-state index contributed by atoms with van der Waals surface area (Å²) in [5.74, 6) is -0.354. The second-order valence-corrected chi connectivity index (χ2v) is 4.70. The van der Waals surface area contributed by atoms with Gasteiger partial charge in [0.05, 0.1) is 11.4 Å². The average Bonchev–Trinajstić information content (AvgIpc) is 2.26. The summed E-state index contributed by atoms with van der Waals surface area (Å²) in [6.07, 6.45) is 0. The van der Waals surface area contributed by atoms with Gasteiger partial charge in [0.2, 0.25) is 0 Å². The van der Waals surface area contributed by atoms with Gasteiger partial charge in [-0.15, -0.1) is 0 Å². The molecule has 2 aromatic rings. The normalized spacial score (nSPS) is 10.3. The first-order chi connectivity index (χ1) is 8.08. The van der Waals surface area contributed by atoms with Gasteiger partial charge in [0.1, 0.15) is 5.82 Å². The standard InChI is InChI=1S/C13H12BrFN2/c1-8-7-9(14)5-6-12(8)17-13-10(15)3-2-4-11(13)16/h2-7,17H,16H2,1H3. The number of hydrogen-bond donors (Lipinski definition) is 2. The van der Waals surface area contributed by atoms with Gasteiger partial charge >= 0.3 is 0 Å². The molecule has 0 aliphatic rings. The predicted octanol–water partition coefficient (Wildman–Crippen LogP) is 4.22. The lowest BCUT2D eigenvalue weighted by Gasteiger charge is -2.12. The second-order valence-electron chi connectivity index (χ2n) is 3.79. The topological polar surface area (TPSA) is 38.0 Å². The number of benzene rings is 2. The molecule has 0 fully saturated rings. The quantitative estimate of drug-likeness (QED) is 0.814. The number of anilines is 3. The Morgan fingerprint density at radius 2 is 2.00 bits per heavy atom. The molecule has 0 radical (unpaired) electrons. The average molecular weight is 295 g/mol. The van der Waals surface area contributed by atoms with E-state index in [2.05, 4.69) is 21.2 Å². The maximum atomic E-state index is 13.6. The molecule has 3 N–H and O–H groups in total. The Kier molecular flexibility index (Phi) is 3.33. The molecule has 0 saturated carbocycles. The molecule has 0 heterocycles. The van der Waals surface area contributed by atoms with E-state index >= 15 is 0 Å². The van der Waals surface area contributed by atoms with Crippen LogP contribution in [0.2, 0.25) is 0 Å². The van der Waals surface area contributed by atoms with E-state index in [-0.39, 0.29) is 5.82 Å². The van der Waals surface area contributed by atoms with Crippen molar-refractivity contribution in [2.45, 2.75) is 6.92 Å². The number of aryl methyl sites for hydroxylation is 1. The van der Waals surface area contributed by atoms with Crippen molar-refractivity contribution in [2.75, 3.05) is 11.1 Å². The van der Waals surface area contributed by atoms with E-state index in [1.54, 1.807) is 12.1 Å². The van der Waals surface area contributed by atoms with E-state index in [1.807, 2.05) is 25.1 Å². The van der Waals surface area contributed by atoms with Crippen LogP contribution in [0.25, 0.3) is 0 Å². The summed E-state index contributed by atoms with van der Waals surface area (Å²) in [7, 11) is 0. The molecule has 0 aliphatic heterocycles. The zero-order chi connectivity index (χ0) is 12.4. The molecule has 88 valence electrons. The smallest absolute Gasteiger partial charge is 0.148 e. The molecule has 0 unspecified atom stereocenters. The molecule has 0 atom stereocenters. The van der Waals surface area contributed by atoms with Crippen LogP contribution < -0.4 is 11.1 Å². The van der Waals surface area contributed by atoms with Crippen LogP contribution in [0.5, 0.6) is 0 Å². The highest BCUT2D eigenvalue weighted by molar-refractivity contribution is 9.10. The Bertz CT molecular complexity index is 535. The van der Waals surface area contributed by atoms with E-state index in [9.17, 15) is 4.39 Å². The van der Waals surface area contributed by atoms with Crippen LogP contribution in [0.1, 0.15) is 5.56 Å². The molecule has 0 saturated heterocycles. The summed E-state index contributed by atoms with van der Waals surface area (Å²) in [5.41, 5.74) is 8.30. The van der Waals surface area contributed by atoms with E-state index in [1.165, 1.54) is 6.07 Å². The van der Waals surface area contributed by atoms with E-state index in [0.29, 0.717) is 11.4 Å². The lowest BCUT2D eigenvalue weighted by Crippen LogP contribution is -2.00. The number of nitrogens with two attached hydrogens (primary N) is 1. The lowest BCUT2D eigenvalue weighted by molar-refractivity contribution is 0.632. The van der Waals surface area contributed by atoms with Crippen molar-refractivity contribution in [1.82, 2.24) is 0 Å². The van der Waals surface area contributed by atoms with Gasteiger partial charge in [-0.1, -0.05) is 22.0 Å². The van der Waals surface area contributed by atoms with Gasteiger partial charge in [-0.25, -0.2) is 4.39 Å². The van der Waals surface area contributed by atoms with Crippen LogP contribution in [0.3, 0.4) is 0 Å². The van der Waals surface area contributed by atoms with Gasteiger partial charge < -0.3 is 11.1 Å². The largest absolute Gasteiger partial charge is 0.397 e. The van der Waals surface area contributed by atoms with Crippen LogP contribution in [0.4, 0.5) is 21.5 Å². The minimum absolute atomic E-state index is 0.318. The monoisotopic (exact) mass is 294 g/mol. The summed E-state index contributed by atoms with van der Waals surface area (Å²) in [6.45, 7) is 1.95. The number of rotatable bonds is 2. The number of halogens is 2. The molecule has 0 bridgehead atoms. The first kappa shape index (κ1) is 11.9. The first-order valence-electron chi connectivity index (χ1n) is 5.15. The highest BCUT2D eigenvalue weighted by atomic mass is 79.9. The van der Waals surface area contributed by atoms with Gasteiger partial charge in [0.15, 0.2) is 0 Å². The minimum atomic E-state index is -0.354. The molecule has 0 spiro atoms. The third kappa shape index (κ3) is 2.58. The van der Waals surface area contributed by atoms with Crippen molar-refractivity contribution in [1.29, 1.82) is 0 Å². The summed E-state index contributed by atoms with van der Waals surface area (Å²) in [6, 6.07) is 10.4. The van der Waals surface area contributed by atoms with Crippen LogP contribution in [0.15, 0.2) is 40.9 Å². The van der Waals surface area contributed by atoms with Crippen molar-refractivity contribution in [3.63, 3.8) is 0 Å². The molecule has 2 aromatic carbocycles. The molecular weight excluding hydrogens is 283 g/mol. The Labute approximate surface area is 108 Å². The first-order valence-corrected chi connectivity index (χ1v) is 5.94. The molecule has 0 aromatic heterocycles. The third-order valence-corrected chi connectivity index (χ3v) is 2.99. The second kappa shape index (κ2) is 4.75. The molecule has 0 amide bonds. The van der Waals surface area contributed by atoms with Crippen molar-refractivity contribution >= 4 is 33.0 Å². The van der Waals surface area contributed by atoms with E-state index in [4.69, 9.17) is 5.73 Å². The Hall–Kier alpha value is -1.55. The number of para-hydroxylation sites is 1. The summed E-state index contributed by atoms with van der Waals surface area (Å²) < 4.78 is 14.6. The summed E-state index contributed by atoms with van der Waals surface area (Å²) >= 11 is 3.38. The van der Waals surface area contributed by atoms with Gasteiger partial charge in [-0.3, -0.25) is 0 Å². The van der Waals surface area contributed by atoms with Crippen LogP contribution in [-0.4, -0.2) is 0 Å². The Balaban J connectivity index is 2.38. The molecule has 0 aliphatic carbocycles. The van der Waals surface area contributed by atoms with Crippen LogP contribution in [0, 0.1) is 12.7 Å². The van der Waals surface area contributed by atoms with Crippen molar-refractivity contribution in [2.24, 2.45) is 0 Å². The lowest BCUT2D eigenvalue weighted by atomic mass is 10.2. The highest BCUT2D eigenvalue weighted by Crippen LogP contribution is 2.28. The van der Waals surface area contributed by atoms with Gasteiger partial charge in [-0.2, -0.15) is 0 Å². The maximum Gasteiger partial charge on any atom is 0.148 e. The number of nitrogens with one attached hydrogen (secondary N) is 1. The fourth-order valence-electron chi connectivity index (χ4n) is 1.57. The van der Waals surface area contributed by atoms with E-state index in [0.717, 1.165) is 15.7 Å². The SMILES string of the molecule is Cc1cc(Br)ccc1Nc1c(N)cccc1F. The zero-order valence-electron chi connectivity index (χ0n) is 9.30. The fraction of sp³-hybridized carbons (Fsp3) is 0.0769. The molecule has 2 rings (SSSR count). The Morgan fingerprint density at radius 3 is 2.65 bits per heavy atom. The summed E-state index contributed by atoms with van der Waals surface area (Å²) in [4.78, 5) is 0. The van der Waals surface area contributed by atoms with Crippen LogP contribution in [-0.2, 0) is 0 Å². The van der Waals surface area contributed by atoms with Crippen molar-refractivity contribution in [3.05, 3.63) is 52.3 Å². The zero-order valence-corrected chi connectivity index (χ0v) is 10.9. The van der Waals surface area contributed by atoms with Gasteiger partial charge in [-0.05, 0) is 42.8 Å². The van der Waals surface area contributed by atoms with Crippen molar-refractivity contribution < 1.29 is 4.39 Å². The molecule has 4 heteroatoms. The molecular formula is C13H12BrFN2. The summed E-state index contributed by atoms with van der Waals surface area (Å²) in [5, 5.41) is 3.02. The van der Waals surface area contributed by atoms with E-state index < -0.39 is 0 Å². The highest BCUT2D eigenvalue weighted by Gasteiger charge is 2.07. The van der Waals surface area contributed by atoms with Crippen molar-refractivity contribution in [3.8, 4) is 0 Å².